The lowest BCUT2D eigenvalue weighted by Gasteiger charge is -2.27. The second kappa shape index (κ2) is 4.18. The Hall–Kier alpha value is -0.870. The zero-order valence-corrected chi connectivity index (χ0v) is 10.8. The summed E-state index contributed by atoms with van der Waals surface area (Å²) in [7, 11) is 0. The number of carbonyl (C=O) groups excluding carboxylic acids is 1. The number of nitrogens with two attached hydrogens (primary N) is 1. The zero-order valence-electron chi connectivity index (χ0n) is 10.8. The van der Waals surface area contributed by atoms with E-state index < -0.39 is 0 Å². The van der Waals surface area contributed by atoms with E-state index in [2.05, 4.69) is 24.5 Å². The Morgan fingerprint density at radius 1 is 1.50 bits per heavy atom. The Morgan fingerprint density at radius 3 is 2.44 bits per heavy atom. The van der Waals surface area contributed by atoms with E-state index in [4.69, 9.17) is 5.73 Å². The van der Waals surface area contributed by atoms with Gasteiger partial charge in [-0.2, -0.15) is 0 Å². The molecule has 0 bridgehead atoms. The molecule has 1 unspecified atom stereocenters. The maximum atomic E-state index is 12.0. The van der Waals surface area contributed by atoms with Crippen LogP contribution in [-0.2, 0) is 4.79 Å². The van der Waals surface area contributed by atoms with Crippen molar-refractivity contribution in [3.05, 3.63) is 11.6 Å². The van der Waals surface area contributed by atoms with E-state index in [1.165, 1.54) is 0 Å². The smallest absolute Gasteiger partial charge is 0.248 e. The second-order valence-electron chi connectivity index (χ2n) is 5.72. The lowest BCUT2D eigenvalue weighted by Crippen LogP contribution is -2.48. The van der Waals surface area contributed by atoms with Crippen molar-refractivity contribution in [1.82, 2.24) is 10.6 Å². The highest BCUT2D eigenvalue weighted by Gasteiger charge is 2.39. The molecule has 0 aromatic heterocycles. The number of nitrogens with one attached hydrogen (secondary N) is 2. The number of hydrogen-bond donors (Lipinski definition) is 3. The van der Waals surface area contributed by atoms with Gasteiger partial charge < -0.3 is 11.1 Å². The third kappa shape index (κ3) is 3.06. The highest BCUT2D eigenvalue weighted by Crippen LogP contribution is 2.29. The summed E-state index contributed by atoms with van der Waals surface area (Å²) in [4.78, 5) is 12.0. The topological polar surface area (TPSA) is 67.1 Å². The van der Waals surface area contributed by atoms with Crippen molar-refractivity contribution >= 4 is 5.91 Å². The Balaban J connectivity index is 2.75. The number of carbonyl (C=O) groups is 1. The van der Waals surface area contributed by atoms with Gasteiger partial charge in [-0.3, -0.25) is 10.1 Å². The minimum atomic E-state index is -0.286. The van der Waals surface area contributed by atoms with Crippen LogP contribution in [0.1, 0.15) is 34.6 Å². The van der Waals surface area contributed by atoms with E-state index in [1.54, 1.807) is 0 Å². The highest BCUT2D eigenvalue weighted by molar-refractivity contribution is 5.96. The van der Waals surface area contributed by atoms with Crippen LogP contribution in [0.4, 0.5) is 0 Å². The molecular formula is C12H23N3O. The lowest BCUT2D eigenvalue weighted by molar-refractivity contribution is -0.118. The molecule has 1 heterocycles. The average Bonchev–Trinajstić information content (AvgIpc) is 2.30. The first-order chi connectivity index (χ1) is 7.14. The molecule has 0 aromatic carbocycles. The zero-order chi connectivity index (χ0) is 12.6. The molecule has 4 nitrogen and oxygen atoms in total. The van der Waals surface area contributed by atoms with Gasteiger partial charge in [-0.25, -0.2) is 0 Å². The van der Waals surface area contributed by atoms with Gasteiger partial charge in [0, 0.05) is 29.2 Å². The third-order valence-electron chi connectivity index (χ3n) is 2.64. The standard InChI is InChI=1S/C12H23N3O/c1-8(13)7-14-10(16)9-6-11(2,3)15-12(9,4)5/h6,8,15H,7,13H2,1-5H3,(H,14,16). The number of hydrogen-bond acceptors (Lipinski definition) is 3. The van der Waals surface area contributed by atoms with Crippen molar-refractivity contribution in [2.24, 2.45) is 5.73 Å². The molecule has 0 fully saturated rings. The van der Waals surface area contributed by atoms with E-state index in [0.717, 1.165) is 5.57 Å². The predicted molar refractivity (Wildman–Crippen MR) is 66.0 cm³/mol. The molecule has 0 spiro atoms. The quantitative estimate of drug-likeness (QED) is 0.656. The van der Waals surface area contributed by atoms with Crippen LogP contribution in [0.25, 0.3) is 0 Å². The van der Waals surface area contributed by atoms with E-state index in [1.807, 2.05) is 26.8 Å². The van der Waals surface area contributed by atoms with E-state index in [0.29, 0.717) is 6.54 Å². The summed E-state index contributed by atoms with van der Waals surface area (Å²) in [5.41, 5.74) is 5.98. The van der Waals surface area contributed by atoms with Crippen molar-refractivity contribution in [2.75, 3.05) is 6.54 Å². The van der Waals surface area contributed by atoms with Crippen LogP contribution >= 0.6 is 0 Å². The normalized spacial score (nSPS) is 23.8. The summed E-state index contributed by atoms with van der Waals surface area (Å²) in [6, 6.07) is -0.0185. The van der Waals surface area contributed by atoms with Crippen LogP contribution in [0.2, 0.25) is 0 Å². The third-order valence-corrected chi connectivity index (χ3v) is 2.64. The van der Waals surface area contributed by atoms with Gasteiger partial charge in [0.2, 0.25) is 5.91 Å². The van der Waals surface area contributed by atoms with Gasteiger partial charge in [0.25, 0.3) is 0 Å². The number of rotatable bonds is 3. The fraction of sp³-hybridized carbons (Fsp3) is 0.750. The van der Waals surface area contributed by atoms with Crippen molar-refractivity contribution in [1.29, 1.82) is 0 Å². The highest BCUT2D eigenvalue weighted by atomic mass is 16.1. The maximum absolute atomic E-state index is 12.0. The molecular weight excluding hydrogens is 202 g/mol. The summed E-state index contributed by atoms with van der Waals surface area (Å²) < 4.78 is 0. The molecule has 1 amide bonds. The van der Waals surface area contributed by atoms with Crippen LogP contribution in [0.5, 0.6) is 0 Å². The molecule has 0 aromatic rings. The monoisotopic (exact) mass is 225 g/mol. The molecule has 92 valence electrons. The number of amides is 1. The Labute approximate surface area is 97.7 Å². The van der Waals surface area contributed by atoms with Gasteiger partial charge in [-0.05, 0) is 34.6 Å². The second-order valence-corrected chi connectivity index (χ2v) is 5.72. The Kier molecular flexibility index (Phi) is 3.45. The summed E-state index contributed by atoms with van der Waals surface area (Å²) in [5.74, 6) is -0.0274. The van der Waals surface area contributed by atoms with Crippen molar-refractivity contribution in [3.8, 4) is 0 Å². The van der Waals surface area contributed by atoms with E-state index >= 15 is 0 Å². The first-order valence-electron chi connectivity index (χ1n) is 5.70. The fourth-order valence-electron chi connectivity index (χ4n) is 2.15. The molecule has 1 rings (SSSR count). The maximum Gasteiger partial charge on any atom is 0.248 e. The molecule has 1 aliphatic rings. The lowest BCUT2D eigenvalue weighted by atomic mass is 9.96. The fourth-order valence-corrected chi connectivity index (χ4v) is 2.15. The largest absolute Gasteiger partial charge is 0.351 e. The SMILES string of the molecule is CC(N)CNC(=O)C1=CC(C)(C)NC1(C)C. The average molecular weight is 225 g/mol. The summed E-state index contributed by atoms with van der Waals surface area (Å²) in [6.45, 7) is 10.5. The van der Waals surface area contributed by atoms with Crippen LogP contribution in [0.15, 0.2) is 11.6 Å². The summed E-state index contributed by atoms with van der Waals surface area (Å²) >= 11 is 0. The predicted octanol–water partition coefficient (Wildman–Crippen LogP) is 0.537. The molecule has 16 heavy (non-hydrogen) atoms. The Morgan fingerprint density at radius 2 is 2.06 bits per heavy atom. The van der Waals surface area contributed by atoms with Crippen LogP contribution in [-0.4, -0.2) is 29.6 Å². The molecule has 4 heteroatoms. The summed E-state index contributed by atoms with van der Waals surface area (Å²) in [5, 5.41) is 6.25. The molecule has 1 atom stereocenters. The van der Waals surface area contributed by atoms with Gasteiger partial charge in [-0.1, -0.05) is 6.08 Å². The van der Waals surface area contributed by atoms with Crippen LogP contribution in [0, 0.1) is 0 Å². The van der Waals surface area contributed by atoms with Crippen molar-refractivity contribution in [3.63, 3.8) is 0 Å². The van der Waals surface area contributed by atoms with E-state index in [-0.39, 0.29) is 23.0 Å². The molecule has 0 aliphatic carbocycles. The molecule has 0 saturated carbocycles. The van der Waals surface area contributed by atoms with Gasteiger partial charge in [0.05, 0.1) is 0 Å². The molecule has 4 N–H and O–H groups in total. The molecule has 0 saturated heterocycles. The van der Waals surface area contributed by atoms with Crippen molar-refractivity contribution < 1.29 is 4.79 Å². The summed E-state index contributed by atoms with van der Waals surface area (Å²) in [6.07, 6.45) is 1.99. The van der Waals surface area contributed by atoms with Gasteiger partial charge in [-0.15, -0.1) is 0 Å². The molecule has 0 radical (unpaired) electrons. The van der Waals surface area contributed by atoms with Gasteiger partial charge >= 0.3 is 0 Å². The minimum Gasteiger partial charge on any atom is -0.351 e. The van der Waals surface area contributed by atoms with Gasteiger partial charge in [0.15, 0.2) is 0 Å². The van der Waals surface area contributed by atoms with Gasteiger partial charge in [0.1, 0.15) is 0 Å². The first-order valence-corrected chi connectivity index (χ1v) is 5.70. The van der Waals surface area contributed by atoms with Crippen molar-refractivity contribution in [2.45, 2.75) is 51.7 Å². The first kappa shape index (κ1) is 13.2. The van der Waals surface area contributed by atoms with Crippen LogP contribution in [0.3, 0.4) is 0 Å². The minimum absolute atomic E-state index is 0.0185. The Bertz CT molecular complexity index is 316. The van der Waals surface area contributed by atoms with Crippen LogP contribution < -0.4 is 16.4 Å². The molecule has 1 aliphatic heterocycles. The van der Waals surface area contributed by atoms with E-state index in [9.17, 15) is 4.79 Å².